The van der Waals surface area contributed by atoms with E-state index in [0.717, 1.165) is 39.4 Å². The summed E-state index contributed by atoms with van der Waals surface area (Å²) in [5.41, 5.74) is 3.67. The van der Waals surface area contributed by atoms with E-state index in [0.29, 0.717) is 5.52 Å². The first-order valence-corrected chi connectivity index (χ1v) is 8.14. The van der Waals surface area contributed by atoms with Crippen LogP contribution in [0.2, 0.25) is 0 Å². The molecule has 22 heavy (non-hydrogen) atoms. The second-order valence-electron chi connectivity index (χ2n) is 5.17. The van der Waals surface area contributed by atoms with Crippen molar-refractivity contribution in [3.05, 3.63) is 65.6 Å². The van der Waals surface area contributed by atoms with E-state index in [1.54, 1.807) is 17.8 Å². The molecule has 0 unspecified atom stereocenters. The van der Waals surface area contributed by atoms with Gasteiger partial charge in [-0.15, -0.1) is 11.8 Å². The Morgan fingerprint density at radius 3 is 2.86 bits per heavy atom. The number of fused-ring (bicyclic) bond motifs is 2. The van der Waals surface area contributed by atoms with Gasteiger partial charge in [-0.2, -0.15) is 0 Å². The highest BCUT2D eigenvalue weighted by atomic mass is 32.2. The standard InChI is InChI=1S/C18H13FN2S/c19-13-6-7-14-16(10-13)21-15-8-9-22-18(15)17(14)20-11-12-4-2-1-3-5-12/h1-7,10-11H,8-9H2/b20-11+. The first-order chi connectivity index (χ1) is 10.8. The number of pyridine rings is 1. The van der Waals surface area contributed by atoms with Gasteiger partial charge in [0.15, 0.2) is 0 Å². The first kappa shape index (κ1) is 13.5. The Morgan fingerprint density at radius 2 is 2.00 bits per heavy atom. The van der Waals surface area contributed by atoms with Gasteiger partial charge in [0.25, 0.3) is 0 Å². The number of rotatable bonds is 2. The minimum atomic E-state index is -0.261. The van der Waals surface area contributed by atoms with E-state index in [1.807, 2.05) is 36.5 Å². The van der Waals surface area contributed by atoms with Crippen LogP contribution in [-0.2, 0) is 6.42 Å². The summed E-state index contributed by atoms with van der Waals surface area (Å²) in [7, 11) is 0. The number of hydrogen-bond acceptors (Lipinski definition) is 3. The molecule has 4 heteroatoms. The molecule has 1 aromatic heterocycles. The van der Waals surface area contributed by atoms with Crippen molar-refractivity contribution in [3.8, 4) is 0 Å². The average molecular weight is 308 g/mol. The van der Waals surface area contributed by atoms with Gasteiger partial charge >= 0.3 is 0 Å². The zero-order valence-electron chi connectivity index (χ0n) is 11.8. The summed E-state index contributed by atoms with van der Waals surface area (Å²) in [4.78, 5) is 10.4. The Balaban J connectivity index is 1.90. The van der Waals surface area contributed by atoms with E-state index >= 15 is 0 Å². The summed E-state index contributed by atoms with van der Waals surface area (Å²) < 4.78 is 13.5. The van der Waals surface area contributed by atoms with Crippen LogP contribution in [0.4, 0.5) is 10.1 Å². The number of benzene rings is 2. The van der Waals surface area contributed by atoms with Gasteiger partial charge in [0.05, 0.1) is 21.8 Å². The molecule has 0 amide bonds. The molecule has 3 aromatic rings. The van der Waals surface area contributed by atoms with Gasteiger partial charge in [-0.25, -0.2) is 4.39 Å². The number of thioether (sulfide) groups is 1. The highest BCUT2D eigenvalue weighted by Crippen LogP contribution is 2.42. The van der Waals surface area contributed by atoms with Crippen LogP contribution < -0.4 is 0 Å². The lowest BCUT2D eigenvalue weighted by Crippen LogP contribution is -1.91. The summed E-state index contributed by atoms with van der Waals surface area (Å²) in [5, 5.41) is 0.904. The third-order valence-electron chi connectivity index (χ3n) is 3.68. The maximum Gasteiger partial charge on any atom is 0.125 e. The van der Waals surface area contributed by atoms with Crippen molar-refractivity contribution in [1.29, 1.82) is 0 Å². The van der Waals surface area contributed by atoms with E-state index < -0.39 is 0 Å². The number of hydrogen-bond donors (Lipinski definition) is 0. The summed E-state index contributed by atoms with van der Waals surface area (Å²) in [6.45, 7) is 0. The van der Waals surface area contributed by atoms with Crippen LogP contribution in [0.25, 0.3) is 10.9 Å². The molecule has 0 aliphatic carbocycles. The quantitative estimate of drug-likeness (QED) is 0.637. The van der Waals surface area contributed by atoms with Gasteiger partial charge in [-0.1, -0.05) is 30.3 Å². The van der Waals surface area contributed by atoms with Crippen LogP contribution in [0.1, 0.15) is 11.3 Å². The smallest absolute Gasteiger partial charge is 0.125 e. The second kappa shape index (κ2) is 5.54. The van der Waals surface area contributed by atoms with Crippen molar-refractivity contribution in [2.24, 2.45) is 4.99 Å². The predicted molar refractivity (Wildman–Crippen MR) is 89.8 cm³/mol. The van der Waals surface area contributed by atoms with Crippen molar-refractivity contribution in [3.63, 3.8) is 0 Å². The molecule has 108 valence electrons. The molecule has 0 N–H and O–H groups in total. The molecule has 1 aliphatic rings. The third kappa shape index (κ3) is 2.40. The normalized spacial score (nSPS) is 13.9. The van der Waals surface area contributed by atoms with Gasteiger partial charge < -0.3 is 0 Å². The monoisotopic (exact) mass is 308 g/mol. The van der Waals surface area contributed by atoms with E-state index in [2.05, 4.69) is 4.98 Å². The molecule has 2 heterocycles. The first-order valence-electron chi connectivity index (χ1n) is 7.15. The van der Waals surface area contributed by atoms with Crippen LogP contribution in [-0.4, -0.2) is 17.0 Å². The van der Waals surface area contributed by atoms with E-state index in [9.17, 15) is 4.39 Å². The van der Waals surface area contributed by atoms with Crippen LogP contribution in [0.15, 0.2) is 58.4 Å². The molecule has 2 aromatic carbocycles. The maximum atomic E-state index is 13.5. The largest absolute Gasteiger partial charge is 0.254 e. The number of aliphatic imine (C=N–C) groups is 1. The van der Waals surface area contributed by atoms with Crippen molar-refractivity contribution >= 4 is 34.6 Å². The molecule has 0 saturated heterocycles. The Morgan fingerprint density at radius 1 is 1.14 bits per heavy atom. The lowest BCUT2D eigenvalue weighted by molar-refractivity contribution is 0.629. The fraction of sp³-hybridized carbons (Fsp3) is 0.111. The molecule has 0 saturated carbocycles. The molecule has 1 aliphatic heterocycles. The minimum Gasteiger partial charge on any atom is -0.254 e. The molecule has 0 fully saturated rings. The highest BCUT2D eigenvalue weighted by molar-refractivity contribution is 7.99. The Bertz CT molecular complexity index is 875. The Hall–Kier alpha value is -2.20. The van der Waals surface area contributed by atoms with Gasteiger partial charge in [0.1, 0.15) is 5.82 Å². The minimum absolute atomic E-state index is 0.261. The summed E-state index contributed by atoms with van der Waals surface area (Å²) in [5.74, 6) is 0.748. The Labute approximate surface area is 132 Å². The number of halogens is 1. The molecule has 0 radical (unpaired) electrons. The van der Waals surface area contributed by atoms with Crippen LogP contribution in [0.3, 0.4) is 0 Å². The fourth-order valence-corrected chi connectivity index (χ4v) is 3.74. The summed E-state index contributed by atoms with van der Waals surface area (Å²) >= 11 is 1.78. The molecular formula is C18H13FN2S. The SMILES string of the molecule is Fc1ccc2c(/N=C/c3ccccc3)c3c(nc2c1)CCS3. The average Bonchev–Trinajstić information content (AvgIpc) is 3.00. The third-order valence-corrected chi connectivity index (χ3v) is 4.80. The lowest BCUT2D eigenvalue weighted by Gasteiger charge is -2.08. The molecular weight excluding hydrogens is 295 g/mol. The molecule has 2 nitrogen and oxygen atoms in total. The lowest BCUT2D eigenvalue weighted by atomic mass is 10.1. The van der Waals surface area contributed by atoms with Crippen molar-refractivity contribution < 1.29 is 4.39 Å². The van der Waals surface area contributed by atoms with Gasteiger partial charge in [0.2, 0.25) is 0 Å². The summed E-state index contributed by atoms with van der Waals surface area (Å²) in [6.07, 6.45) is 2.78. The molecule has 4 rings (SSSR count). The van der Waals surface area contributed by atoms with Gasteiger partial charge in [-0.05, 0) is 17.7 Å². The topological polar surface area (TPSA) is 25.2 Å². The zero-order valence-corrected chi connectivity index (χ0v) is 12.6. The highest BCUT2D eigenvalue weighted by Gasteiger charge is 2.20. The van der Waals surface area contributed by atoms with Crippen LogP contribution in [0, 0.1) is 5.82 Å². The van der Waals surface area contributed by atoms with Crippen LogP contribution >= 0.6 is 11.8 Å². The summed E-state index contributed by atoms with van der Waals surface area (Å²) in [6, 6.07) is 14.7. The Kier molecular flexibility index (Phi) is 3.39. The molecule has 0 atom stereocenters. The number of aromatic nitrogens is 1. The number of aryl methyl sites for hydroxylation is 1. The number of nitrogens with zero attached hydrogens (tertiary/aromatic N) is 2. The predicted octanol–water partition coefficient (Wildman–Crippen LogP) is 4.77. The molecule has 0 bridgehead atoms. The molecule has 0 spiro atoms. The van der Waals surface area contributed by atoms with Crippen molar-refractivity contribution in [2.75, 3.05) is 5.75 Å². The van der Waals surface area contributed by atoms with Crippen molar-refractivity contribution in [2.45, 2.75) is 11.3 Å². The zero-order chi connectivity index (χ0) is 14.9. The van der Waals surface area contributed by atoms with E-state index in [-0.39, 0.29) is 5.82 Å². The van der Waals surface area contributed by atoms with E-state index in [4.69, 9.17) is 4.99 Å². The fourth-order valence-electron chi connectivity index (χ4n) is 2.63. The van der Waals surface area contributed by atoms with Gasteiger partial charge in [-0.3, -0.25) is 9.98 Å². The van der Waals surface area contributed by atoms with Gasteiger partial charge in [0, 0.05) is 29.8 Å². The second-order valence-corrected chi connectivity index (χ2v) is 6.27. The maximum absolute atomic E-state index is 13.5. The van der Waals surface area contributed by atoms with Crippen LogP contribution in [0.5, 0.6) is 0 Å². The van der Waals surface area contributed by atoms with Crippen molar-refractivity contribution in [1.82, 2.24) is 4.98 Å². The van der Waals surface area contributed by atoms with E-state index in [1.165, 1.54) is 12.1 Å².